The van der Waals surface area contributed by atoms with Gasteiger partial charge in [0.1, 0.15) is 11.3 Å². The molecule has 0 bridgehead atoms. The Hall–Kier alpha value is -1.83. The highest BCUT2D eigenvalue weighted by Gasteiger charge is 2.06. The molecule has 0 saturated heterocycles. The van der Waals surface area contributed by atoms with Crippen molar-refractivity contribution in [1.82, 2.24) is 0 Å². The second-order valence-corrected chi connectivity index (χ2v) is 3.70. The average Bonchev–Trinajstić information content (AvgIpc) is 2.59. The lowest BCUT2D eigenvalue weighted by molar-refractivity contribution is 0.101. The zero-order valence-electron chi connectivity index (χ0n) is 8.83. The van der Waals surface area contributed by atoms with E-state index in [2.05, 4.69) is 6.58 Å². The Balaban J connectivity index is 2.62. The smallest absolute Gasteiger partial charge is 0.159 e. The minimum absolute atomic E-state index is 0.0648. The van der Waals surface area contributed by atoms with E-state index >= 15 is 0 Å². The first-order valence-electron chi connectivity index (χ1n) is 4.78. The molecule has 1 heterocycles. The molecule has 0 unspecified atom stereocenters. The lowest BCUT2D eigenvalue weighted by Gasteiger charge is -1.93. The number of ketones is 1. The van der Waals surface area contributed by atoms with Crippen molar-refractivity contribution in [2.24, 2.45) is 0 Å². The number of fused-ring (bicyclic) bond motifs is 1. The number of carbonyl (C=O) groups is 1. The number of rotatable bonds is 2. The van der Waals surface area contributed by atoms with Gasteiger partial charge in [0.05, 0.1) is 0 Å². The third-order valence-corrected chi connectivity index (χ3v) is 2.34. The summed E-state index contributed by atoms with van der Waals surface area (Å²) < 4.78 is 5.55. The summed E-state index contributed by atoms with van der Waals surface area (Å²) in [6, 6.07) is 7.34. The molecule has 0 radical (unpaired) electrons. The molecule has 1 aromatic carbocycles. The molecule has 0 aliphatic carbocycles. The molecular weight excluding hydrogens is 188 g/mol. The Morgan fingerprint density at radius 2 is 2.00 bits per heavy atom. The van der Waals surface area contributed by atoms with Crippen LogP contribution in [0.15, 0.2) is 35.3 Å². The van der Waals surface area contributed by atoms with Crippen LogP contribution < -0.4 is 0 Å². The normalized spacial score (nSPS) is 10.5. The fourth-order valence-electron chi connectivity index (χ4n) is 1.47. The van der Waals surface area contributed by atoms with Crippen LogP contribution in [0.4, 0.5) is 0 Å². The predicted octanol–water partition coefficient (Wildman–Crippen LogP) is 3.67. The van der Waals surface area contributed by atoms with Gasteiger partial charge in [-0.3, -0.25) is 4.79 Å². The van der Waals surface area contributed by atoms with Crippen molar-refractivity contribution < 1.29 is 9.21 Å². The number of hydrogen-bond donors (Lipinski definition) is 0. The van der Waals surface area contributed by atoms with E-state index in [4.69, 9.17) is 4.42 Å². The van der Waals surface area contributed by atoms with Crippen LogP contribution in [0.3, 0.4) is 0 Å². The van der Waals surface area contributed by atoms with Crippen LogP contribution in [0.5, 0.6) is 0 Å². The predicted molar refractivity (Wildman–Crippen MR) is 60.9 cm³/mol. The van der Waals surface area contributed by atoms with Gasteiger partial charge in [-0.05, 0) is 43.7 Å². The van der Waals surface area contributed by atoms with Gasteiger partial charge in [0.25, 0.3) is 0 Å². The van der Waals surface area contributed by atoms with E-state index in [1.54, 1.807) is 13.0 Å². The molecule has 76 valence electrons. The molecular formula is C13H12O2. The summed E-state index contributed by atoms with van der Waals surface area (Å²) >= 11 is 0. The van der Waals surface area contributed by atoms with Gasteiger partial charge in [-0.2, -0.15) is 0 Å². The average molecular weight is 200 g/mol. The number of Topliss-reactive ketones (excluding diaryl/α,β-unsaturated/α-hetero) is 1. The van der Waals surface area contributed by atoms with Crippen molar-refractivity contribution >= 4 is 22.3 Å². The van der Waals surface area contributed by atoms with Crippen molar-refractivity contribution in [3.63, 3.8) is 0 Å². The van der Waals surface area contributed by atoms with Crippen molar-refractivity contribution in [2.45, 2.75) is 13.8 Å². The van der Waals surface area contributed by atoms with Crippen LogP contribution >= 0.6 is 0 Å². The molecule has 0 spiro atoms. The molecule has 0 fully saturated rings. The maximum absolute atomic E-state index is 11.2. The lowest BCUT2D eigenvalue weighted by atomic mass is 10.1. The molecule has 2 nitrogen and oxygen atoms in total. The Morgan fingerprint density at radius 3 is 2.60 bits per heavy atom. The minimum atomic E-state index is 0.0648. The molecule has 0 amide bonds. The summed E-state index contributed by atoms with van der Waals surface area (Å²) in [5, 5.41) is 0.945. The summed E-state index contributed by atoms with van der Waals surface area (Å²) in [5.74, 6) is 0.834. The van der Waals surface area contributed by atoms with Gasteiger partial charge in [0.2, 0.25) is 0 Å². The molecule has 2 heteroatoms. The molecule has 1 aromatic heterocycles. The van der Waals surface area contributed by atoms with Gasteiger partial charge in [0, 0.05) is 10.9 Å². The van der Waals surface area contributed by atoms with Gasteiger partial charge in [-0.25, -0.2) is 0 Å². The van der Waals surface area contributed by atoms with Crippen LogP contribution in [-0.4, -0.2) is 5.78 Å². The topological polar surface area (TPSA) is 30.2 Å². The van der Waals surface area contributed by atoms with E-state index in [9.17, 15) is 4.79 Å². The standard InChI is InChI=1S/C13H12O2/c1-8(2)13-7-11-6-10(9(3)14)4-5-12(11)15-13/h4-7H,1H2,2-3H3. The number of carbonyl (C=O) groups excluding carboxylic acids is 1. The van der Waals surface area contributed by atoms with Gasteiger partial charge >= 0.3 is 0 Å². The highest BCUT2D eigenvalue weighted by molar-refractivity contribution is 5.98. The highest BCUT2D eigenvalue weighted by Crippen LogP contribution is 2.24. The number of benzene rings is 1. The Morgan fingerprint density at radius 1 is 1.27 bits per heavy atom. The maximum atomic E-state index is 11.2. The van der Waals surface area contributed by atoms with Crippen molar-refractivity contribution in [2.75, 3.05) is 0 Å². The third-order valence-electron chi connectivity index (χ3n) is 2.34. The molecule has 0 aliphatic rings. The largest absolute Gasteiger partial charge is 0.456 e. The Kier molecular flexibility index (Phi) is 2.19. The van der Waals surface area contributed by atoms with E-state index in [1.807, 2.05) is 25.1 Å². The first-order valence-corrected chi connectivity index (χ1v) is 4.78. The summed E-state index contributed by atoms with van der Waals surface area (Å²) in [4.78, 5) is 11.2. The van der Waals surface area contributed by atoms with E-state index in [0.29, 0.717) is 5.56 Å². The Labute approximate surface area is 88.2 Å². The van der Waals surface area contributed by atoms with E-state index < -0.39 is 0 Å². The molecule has 0 atom stereocenters. The van der Waals surface area contributed by atoms with Crippen LogP contribution in [0.2, 0.25) is 0 Å². The van der Waals surface area contributed by atoms with E-state index in [0.717, 1.165) is 22.3 Å². The number of allylic oxidation sites excluding steroid dienone is 1. The maximum Gasteiger partial charge on any atom is 0.159 e. The van der Waals surface area contributed by atoms with Crippen molar-refractivity contribution in [3.8, 4) is 0 Å². The van der Waals surface area contributed by atoms with Gasteiger partial charge in [-0.1, -0.05) is 6.58 Å². The molecule has 15 heavy (non-hydrogen) atoms. The summed E-state index contributed by atoms with van der Waals surface area (Å²) in [6.45, 7) is 7.27. The fraction of sp³-hybridized carbons (Fsp3) is 0.154. The van der Waals surface area contributed by atoms with Crippen molar-refractivity contribution in [1.29, 1.82) is 0 Å². The van der Waals surface area contributed by atoms with E-state index in [-0.39, 0.29) is 5.78 Å². The quantitative estimate of drug-likeness (QED) is 0.692. The first-order chi connectivity index (χ1) is 7.08. The minimum Gasteiger partial charge on any atom is -0.456 e. The monoisotopic (exact) mass is 200 g/mol. The Bertz CT molecular complexity index is 535. The SMILES string of the molecule is C=C(C)c1cc2cc(C(C)=O)ccc2o1. The first kappa shape index (κ1) is 9.71. The molecule has 0 N–H and O–H groups in total. The van der Waals surface area contributed by atoms with Crippen LogP contribution in [0.1, 0.15) is 30.0 Å². The third kappa shape index (κ3) is 1.71. The van der Waals surface area contributed by atoms with Gasteiger partial charge < -0.3 is 4.42 Å². The second-order valence-electron chi connectivity index (χ2n) is 3.70. The zero-order valence-corrected chi connectivity index (χ0v) is 8.83. The highest BCUT2D eigenvalue weighted by atomic mass is 16.3. The molecule has 2 rings (SSSR count). The molecule has 0 saturated carbocycles. The zero-order chi connectivity index (χ0) is 11.0. The second kappa shape index (κ2) is 3.39. The van der Waals surface area contributed by atoms with Crippen molar-refractivity contribution in [3.05, 3.63) is 42.2 Å². The van der Waals surface area contributed by atoms with Crippen LogP contribution in [0.25, 0.3) is 16.5 Å². The summed E-state index contributed by atoms with van der Waals surface area (Å²) in [6.07, 6.45) is 0. The number of furan rings is 1. The van der Waals surface area contributed by atoms with Crippen LogP contribution in [0, 0.1) is 0 Å². The molecule has 2 aromatic rings. The fourth-order valence-corrected chi connectivity index (χ4v) is 1.47. The lowest BCUT2D eigenvalue weighted by Crippen LogP contribution is -1.89. The molecule has 0 aliphatic heterocycles. The van der Waals surface area contributed by atoms with Gasteiger partial charge in [0.15, 0.2) is 5.78 Å². The summed E-state index contributed by atoms with van der Waals surface area (Å²) in [7, 11) is 0. The van der Waals surface area contributed by atoms with Gasteiger partial charge in [-0.15, -0.1) is 0 Å². The van der Waals surface area contributed by atoms with E-state index in [1.165, 1.54) is 0 Å². The number of hydrogen-bond acceptors (Lipinski definition) is 2. The summed E-state index contributed by atoms with van der Waals surface area (Å²) in [5.41, 5.74) is 2.38. The van der Waals surface area contributed by atoms with Crippen LogP contribution in [-0.2, 0) is 0 Å².